The average Bonchev–Trinajstić information content (AvgIpc) is 1.38. The van der Waals surface area contributed by atoms with Crippen molar-refractivity contribution in [3.8, 4) is 0 Å². The van der Waals surface area contributed by atoms with E-state index in [0.29, 0.717) is 5.88 Å². The number of hydrogen-bond donors (Lipinski definition) is 1. The molecule has 0 radical (unpaired) electrons. The van der Waals surface area contributed by atoms with Gasteiger partial charge in [-0.1, -0.05) is 0 Å². The maximum absolute atomic E-state index is 8.23. The van der Waals surface area contributed by atoms with Gasteiger partial charge in [0.05, 0.1) is 0 Å². The van der Waals surface area contributed by atoms with E-state index in [1.54, 1.807) is 19.8 Å². The van der Waals surface area contributed by atoms with Crippen molar-refractivity contribution in [2.45, 2.75) is 4.49 Å². The molecule has 0 amide bonds. The fourth-order valence-electron chi connectivity index (χ4n) is 0. The molecule has 0 heterocycles. The molecule has 31 valence electrons. The molecule has 0 aliphatic rings. The van der Waals surface area contributed by atoms with Crippen molar-refractivity contribution in [1.29, 1.82) is 0 Å². The van der Waals surface area contributed by atoms with Crippen molar-refractivity contribution in [3.05, 3.63) is 0 Å². The van der Waals surface area contributed by atoms with Crippen LogP contribution in [-0.4, -0.2) is 15.5 Å². The van der Waals surface area contributed by atoms with E-state index in [1.165, 1.54) is 0 Å². The molecule has 0 aromatic carbocycles. The molecule has 0 saturated heterocycles. The van der Waals surface area contributed by atoms with Gasteiger partial charge in [0.15, 0.2) is 0 Å². The Morgan fingerprint density at radius 3 is 2.20 bits per heavy atom. The summed E-state index contributed by atoms with van der Waals surface area (Å²) in [4.78, 5) is 0. The molecular formula is C2H4ClMoO. The van der Waals surface area contributed by atoms with E-state index < -0.39 is 0 Å². The summed E-state index contributed by atoms with van der Waals surface area (Å²) >= 11 is 6.67. The maximum atomic E-state index is 8.23. The molecule has 1 atom stereocenters. The van der Waals surface area contributed by atoms with E-state index in [1.807, 2.05) is 0 Å². The van der Waals surface area contributed by atoms with Gasteiger partial charge in [0.1, 0.15) is 0 Å². The average molecular weight is 175 g/mol. The van der Waals surface area contributed by atoms with Crippen molar-refractivity contribution in [1.82, 2.24) is 0 Å². The van der Waals surface area contributed by atoms with Crippen molar-refractivity contribution in [2.75, 3.05) is 5.88 Å². The van der Waals surface area contributed by atoms with Crippen LogP contribution < -0.4 is 0 Å². The van der Waals surface area contributed by atoms with Crippen LogP contribution in [0.4, 0.5) is 0 Å². The number of rotatable bonds is 1. The third kappa shape index (κ3) is 4.94. The van der Waals surface area contributed by atoms with Gasteiger partial charge in [0.2, 0.25) is 0 Å². The molecule has 0 aromatic rings. The van der Waals surface area contributed by atoms with Crippen LogP contribution in [0.1, 0.15) is 0 Å². The Labute approximate surface area is 47.2 Å². The molecule has 0 aliphatic heterocycles. The summed E-state index contributed by atoms with van der Waals surface area (Å²) in [5.74, 6) is 0.338. The first-order valence-electron chi connectivity index (χ1n) is 1.17. The molecule has 0 saturated carbocycles. The van der Waals surface area contributed by atoms with Crippen molar-refractivity contribution < 1.29 is 24.9 Å². The second kappa shape index (κ2) is 3.14. The van der Waals surface area contributed by atoms with Gasteiger partial charge < -0.3 is 0 Å². The zero-order valence-corrected chi connectivity index (χ0v) is 5.28. The molecule has 0 aromatic heterocycles. The van der Waals surface area contributed by atoms with Crippen LogP contribution in [0.15, 0.2) is 0 Å². The van der Waals surface area contributed by atoms with Crippen LogP contribution in [-0.2, 0) is 19.8 Å². The molecule has 0 rings (SSSR count). The van der Waals surface area contributed by atoms with E-state index in [9.17, 15) is 0 Å². The van der Waals surface area contributed by atoms with Gasteiger partial charge in [-0.2, -0.15) is 0 Å². The first kappa shape index (κ1) is 5.94. The summed E-state index contributed by atoms with van der Waals surface area (Å²) in [7, 11) is 0. The standard InChI is InChI=1S/C2H4ClO.Mo/c3-1-2-4;/h2,4H,1H2;. The monoisotopic (exact) mass is 177 g/mol. The van der Waals surface area contributed by atoms with Gasteiger partial charge in [0.25, 0.3) is 0 Å². The van der Waals surface area contributed by atoms with Crippen LogP contribution in [0.2, 0.25) is 0 Å². The zero-order chi connectivity index (χ0) is 4.28. The molecule has 1 nitrogen and oxygen atoms in total. The Balaban J connectivity index is 2.54. The molecule has 1 N–H and O–H groups in total. The minimum atomic E-state index is -0.340. The predicted octanol–water partition coefficient (Wildman–Crippen LogP) is 0.0904. The number of aliphatic hydroxyl groups is 1. The predicted molar refractivity (Wildman–Crippen MR) is 16.7 cm³/mol. The molecule has 0 aliphatic carbocycles. The summed E-state index contributed by atoms with van der Waals surface area (Å²) in [6, 6.07) is 0. The Morgan fingerprint density at radius 2 is 2.20 bits per heavy atom. The number of alkyl halides is 1. The van der Waals surface area contributed by atoms with Crippen LogP contribution in [0.25, 0.3) is 0 Å². The first-order chi connectivity index (χ1) is 2.27. The molecule has 0 bridgehead atoms. The summed E-state index contributed by atoms with van der Waals surface area (Å²) in [5.41, 5.74) is 0. The minimum absolute atomic E-state index is 0.338. The molecule has 1 unspecified atom stereocenters. The van der Waals surface area contributed by atoms with E-state index in [0.717, 1.165) is 0 Å². The van der Waals surface area contributed by atoms with Gasteiger partial charge in [-0.3, -0.25) is 0 Å². The Bertz CT molecular complexity index is 23.6. The molecular weight excluding hydrogens is 171 g/mol. The quantitative estimate of drug-likeness (QED) is 0.442. The van der Waals surface area contributed by atoms with E-state index in [-0.39, 0.29) is 4.49 Å². The summed E-state index contributed by atoms with van der Waals surface area (Å²) < 4.78 is -0.340. The van der Waals surface area contributed by atoms with E-state index in [4.69, 9.17) is 16.7 Å². The van der Waals surface area contributed by atoms with Gasteiger partial charge in [-0.05, 0) is 0 Å². The van der Waals surface area contributed by atoms with Gasteiger partial charge in [-0.15, -0.1) is 0 Å². The second-order valence-electron chi connectivity index (χ2n) is 0.609. The second-order valence-corrected chi connectivity index (χ2v) is 2.26. The fraction of sp³-hybridized carbons (Fsp3) is 1.00. The number of aliphatic hydroxyl groups excluding tert-OH is 1. The Kier molecular flexibility index (Phi) is 3.73. The third-order valence-corrected chi connectivity index (χ3v) is 1.33. The van der Waals surface area contributed by atoms with Crippen LogP contribution in [0.5, 0.6) is 0 Å². The Morgan fingerprint density at radius 1 is 2.00 bits per heavy atom. The first-order valence-corrected chi connectivity index (χ1v) is 2.86. The van der Waals surface area contributed by atoms with Crippen LogP contribution in [0.3, 0.4) is 0 Å². The topological polar surface area (TPSA) is 20.2 Å². The number of hydrogen-bond acceptors (Lipinski definition) is 1. The third-order valence-electron chi connectivity index (χ3n) is 0.132. The van der Waals surface area contributed by atoms with Crippen LogP contribution in [0, 0.1) is 0 Å². The molecule has 0 spiro atoms. The van der Waals surface area contributed by atoms with Crippen molar-refractivity contribution in [2.24, 2.45) is 0 Å². The molecule has 3 heteroatoms. The fourth-order valence-corrected chi connectivity index (χ4v) is 0. The summed E-state index contributed by atoms with van der Waals surface area (Å²) in [6.45, 7) is 0. The van der Waals surface area contributed by atoms with E-state index in [2.05, 4.69) is 0 Å². The normalized spacial score (nSPS) is 14.8. The Hall–Kier alpha value is 0.938. The van der Waals surface area contributed by atoms with Crippen molar-refractivity contribution >= 4 is 11.6 Å². The van der Waals surface area contributed by atoms with E-state index >= 15 is 0 Å². The SMILES string of the molecule is O[CH]([Mo])CCl. The van der Waals surface area contributed by atoms with Crippen molar-refractivity contribution in [3.63, 3.8) is 0 Å². The number of halogens is 1. The van der Waals surface area contributed by atoms with Gasteiger partial charge >= 0.3 is 46.9 Å². The van der Waals surface area contributed by atoms with Crippen LogP contribution >= 0.6 is 11.6 Å². The zero-order valence-electron chi connectivity index (χ0n) is 2.52. The van der Waals surface area contributed by atoms with Gasteiger partial charge in [-0.25, -0.2) is 0 Å². The summed E-state index contributed by atoms with van der Waals surface area (Å²) in [6.07, 6.45) is 0. The molecule has 5 heavy (non-hydrogen) atoms. The molecule has 0 fully saturated rings. The summed E-state index contributed by atoms with van der Waals surface area (Å²) in [5, 5.41) is 8.23. The van der Waals surface area contributed by atoms with Gasteiger partial charge in [0, 0.05) is 0 Å².